The van der Waals surface area contributed by atoms with Crippen molar-refractivity contribution in [3.05, 3.63) is 120 Å². The van der Waals surface area contributed by atoms with Crippen LogP contribution in [-0.4, -0.2) is 26.2 Å². The minimum atomic E-state index is -0.197. The number of aromatic hydroxyl groups is 1. The molecule has 0 bridgehead atoms. The van der Waals surface area contributed by atoms with Crippen LogP contribution in [0.3, 0.4) is 0 Å². The van der Waals surface area contributed by atoms with E-state index in [1.807, 2.05) is 84.9 Å². The third kappa shape index (κ3) is 4.87. The molecule has 0 spiro atoms. The number of H-pyrrole nitrogens is 1. The molecule has 0 fully saturated rings. The Balaban J connectivity index is 1.22. The van der Waals surface area contributed by atoms with E-state index in [0.717, 1.165) is 42.9 Å². The number of phenols is 1. The van der Waals surface area contributed by atoms with Gasteiger partial charge in [-0.15, -0.1) is 0 Å². The fraction of sp³-hybridized carbons (Fsp3) is 0. The van der Waals surface area contributed by atoms with Crippen molar-refractivity contribution in [3.8, 4) is 5.75 Å². The maximum atomic E-state index is 13.2. The van der Waals surface area contributed by atoms with Crippen LogP contribution in [0.4, 0.5) is 5.69 Å². The van der Waals surface area contributed by atoms with Gasteiger partial charge in [0.25, 0.3) is 5.91 Å². The molecule has 184 valence electrons. The van der Waals surface area contributed by atoms with E-state index in [-0.39, 0.29) is 11.7 Å². The van der Waals surface area contributed by atoms with Gasteiger partial charge in [-0.3, -0.25) is 14.9 Å². The topological polar surface area (TPSA) is 90.9 Å². The molecule has 2 aromatic heterocycles. The first kappa shape index (κ1) is 23.5. The number of carbonyl (C=O) groups excluding carboxylic acids is 1. The van der Waals surface area contributed by atoms with Crippen molar-refractivity contribution in [1.82, 2.24) is 15.2 Å². The van der Waals surface area contributed by atoms with Gasteiger partial charge in [-0.2, -0.15) is 5.10 Å². The molecule has 0 saturated heterocycles. The molecular weight excluding hydrogens is 492 g/mol. The summed E-state index contributed by atoms with van der Waals surface area (Å²) < 4.78 is 0. The Morgan fingerprint density at radius 1 is 0.868 bits per heavy atom. The molecule has 0 radical (unpaired) electrons. The molecule has 7 heteroatoms. The molecule has 6 rings (SSSR count). The molecule has 0 unspecified atom stereocenters. The third-order valence-corrected chi connectivity index (χ3v) is 7.20. The predicted octanol–water partition coefficient (Wildman–Crippen LogP) is 7.39. The largest absolute Gasteiger partial charge is 0.507 e. The van der Waals surface area contributed by atoms with Crippen molar-refractivity contribution in [2.24, 2.45) is 0 Å². The number of phenolic OH excluding ortho intramolecular Hbond substituents is 1. The Hall–Kier alpha value is -4.88. The SMILES string of the molecule is O=C(Nc1ccc2c(O)cccc2c1)c1ccccc1Sc1ccc2c(/C=C/c3ccccn3)n[nH]c2c1. The lowest BCUT2D eigenvalue weighted by Gasteiger charge is -2.11. The maximum absolute atomic E-state index is 13.2. The van der Waals surface area contributed by atoms with Gasteiger partial charge in [-0.05, 0) is 84.3 Å². The molecule has 6 nitrogen and oxygen atoms in total. The van der Waals surface area contributed by atoms with Gasteiger partial charge >= 0.3 is 0 Å². The Kier molecular flexibility index (Phi) is 6.34. The van der Waals surface area contributed by atoms with Crippen LogP contribution in [0.15, 0.2) is 113 Å². The molecule has 0 aliphatic rings. The summed E-state index contributed by atoms with van der Waals surface area (Å²) in [6.07, 6.45) is 5.64. The van der Waals surface area contributed by atoms with E-state index in [1.165, 1.54) is 11.8 Å². The number of aromatic amines is 1. The van der Waals surface area contributed by atoms with Gasteiger partial charge in [0.2, 0.25) is 0 Å². The normalized spacial score (nSPS) is 11.4. The van der Waals surface area contributed by atoms with Crippen molar-refractivity contribution in [1.29, 1.82) is 0 Å². The molecule has 3 N–H and O–H groups in total. The van der Waals surface area contributed by atoms with E-state index in [4.69, 9.17) is 0 Å². The number of fused-ring (bicyclic) bond motifs is 2. The summed E-state index contributed by atoms with van der Waals surface area (Å²) in [4.78, 5) is 19.4. The summed E-state index contributed by atoms with van der Waals surface area (Å²) >= 11 is 1.52. The van der Waals surface area contributed by atoms with E-state index in [9.17, 15) is 9.90 Å². The van der Waals surface area contributed by atoms with Crippen LogP contribution in [-0.2, 0) is 0 Å². The zero-order valence-electron chi connectivity index (χ0n) is 20.1. The number of amides is 1. The fourth-order valence-corrected chi connectivity index (χ4v) is 5.25. The number of rotatable bonds is 6. The minimum absolute atomic E-state index is 0.197. The molecular formula is C31H22N4O2S. The van der Waals surface area contributed by atoms with Crippen molar-refractivity contribution in [3.63, 3.8) is 0 Å². The molecule has 6 aromatic rings. The Bertz CT molecular complexity index is 1810. The van der Waals surface area contributed by atoms with E-state index in [0.29, 0.717) is 11.3 Å². The van der Waals surface area contributed by atoms with E-state index >= 15 is 0 Å². The number of carbonyl (C=O) groups is 1. The third-order valence-electron chi connectivity index (χ3n) is 6.14. The lowest BCUT2D eigenvalue weighted by Crippen LogP contribution is -2.12. The van der Waals surface area contributed by atoms with Gasteiger partial charge in [0.1, 0.15) is 5.75 Å². The summed E-state index contributed by atoms with van der Waals surface area (Å²) in [5.41, 5.74) is 3.87. The predicted molar refractivity (Wildman–Crippen MR) is 153 cm³/mol. The highest BCUT2D eigenvalue weighted by molar-refractivity contribution is 7.99. The fourth-order valence-electron chi connectivity index (χ4n) is 4.26. The highest BCUT2D eigenvalue weighted by atomic mass is 32.2. The standard InChI is InChI=1S/C31H22N4O2S/c36-29-9-5-6-20-18-22(11-14-24(20)29)33-31(37)26-8-1-2-10-30(26)38-23-13-15-25-27(34-35-28(25)19-23)16-12-21-7-3-4-17-32-21/h1-19,36H,(H,33,37)(H,34,35)/b16-12+. The van der Waals surface area contributed by atoms with E-state index in [1.54, 1.807) is 30.5 Å². The molecule has 0 aliphatic heterocycles. The highest BCUT2D eigenvalue weighted by Crippen LogP contribution is 2.33. The second-order valence-electron chi connectivity index (χ2n) is 8.67. The van der Waals surface area contributed by atoms with Crippen molar-refractivity contribution in [2.45, 2.75) is 9.79 Å². The number of hydrogen-bond acceptors (Lipinski definition) is 5. The summed E-state index contributed by atoms with van der Waals surface area (Å²) in [5.74, 6) is 0.0184. The Morgan fingerprint density at radius 2 is 1.74 bits per heavy atom. The van der Waals surface area contributed by atoms with E-state index < -0.39 is 0 Å². The van der Waals surface area contributed by atoms with Gasteiger partial charge in [-0.25, -0.2) is 0 Å². The Labute approximate surface area is 223 Å². The van der Waals surface area contributed by atoms with Gasteiger partial charge in [0.15, 0.2) is 0 Å². The number of hydrogen-bond donors (Lipinski definition) is 3. The van der Waals surface area contributed by atoms with Crippen LogP contribution in [0.5, 0.6) is 5.75 Å². The van der Waals surface area contributed by atoms with Crippen LogP contribution >= 0.6 is 11.8 Å². The lowest BCUT2D eigenvalue weighted by atomic mass is 10.1. The second-order valence-corrected chi connectivity index (χ2v) is 9.78. The van der Waals surface area contributed by atoms with Crippen LogP contribution in [0.25, 0.3) is 33.8 Å². The molecule has 0 atom stereocenters. The molecule has 1 amide bonds. The highest BCUT2D eigenvalue weighted by Gasteiger charge is 2.14. The first-order valence-corrected chi connectivity index (χ1v) is 12.8. The number of benzene rings is 4. The molecule has 0 aliphatic carbocycles. The number of nitrogens with one attached hydrogen (secondary N) is 2. The minimum Gasteiger partial charge on any atom is -0.507 e. The average Bonchev–Trinajstić information content (AvgIpc) is 3.35. The van der Waals surface area contributed by atoms with Crippen molar-refractivity contribution in [2.75, 3.05) is 5.32 Å². The first-order valence-electron chi connectivity index (χ1n) is 12.0. The van der Waals surface area contributed by atoms with Crippen LogP contribution in [0.1, 0.15) is 21.7 Å². The Morgan fingerprint density at radius 3 is 2.63 bits per heavy atom. The summed E-state index contributed by atoms with van der Waals surface area (Å²) in [5, 5.41) is 23.2. The maximum Gasteiger partial charge on any atom is 0.256 e. The lowest BCUT2D eigenvalue weighted by molar-refractivity contribution is 0.102. The van der Waals surface area contributed by atoms with Crippen molar-refractivity contribution < 1.29 is 9.90 Å². The van der Waals surface area contributed by atoms with Gasteiger partial charge in [-0.1, -0.05) is 42.1 Å². The summed E-state index contributed by atoms with van der Waals surface area (Å²) in [6, 6.07) is 30.2. The molecule has 4 aromatic carbocycles. The van der Waals surface area contributed by atoms with Gasteiger partial charge in [0, 0.05) is 32.4 Å². The molecule has 2 heterocycles. The van der Waals surface area contributed by atoms with E-state index in [2.05, 4.69) is 20.5 Å². The number of anilines is 1. The average molecular weight is 515 g/mol. The van der Waals surface area contributed by atoms with Crippen LogP contribution in [0.2, 0.25) is 0 Å². The summed E-state index contributed by atoms with van der Waals surface area (Å²) in [7, 11) is 0. The number of nitrogens with zero attached hydrogens (tertiary/aromatic N) is 2. The molecule has 38 heavy (non-hydrogen) atoms. The van der Waals surface area contributed by atoms with Crippen LogP contribution in [0, 0.1) is 0 Å². The second kappa shape index (κ2) is 10.2. The smallest absolute Gasteiger partial charge is 0.256 e. The first-order chi connectivity index (χ1) is 18.6. The number of pyridine rings is 1. The zero-order chi connectivity index (χ0) is 25.9. The van der Waals surface area contributed by atoms with Gasteiger partial charge < -0.3 is 10.4 Å². The quantitative estimate of drug-likeness (QED) is 0.216. The molecule has 0 saturated carbocycles. The van der Waals surface area contributed by atoms with Crippen LogP contribution < -0.4 is 5.32 Å². The zero-order valence-corrected chi connectivity index (χ0v) is 20.9. The van der Waals surface area contributed by atoms with Crippen molar-refractivity contribution >= 4 is 57.2 Å². The number of aromatic nitrogens is 3. The van der Waals surface area contributed by atoms with Gasteiger partial charge in [0.05, 0.1) is 22.5 Å². The summed E-state index contributed by atoms with van der Waals surface area (Å²) in [6.45, 7) is 0. The monoisotopic (exact) mass is 514 g/mol.